The third-order valence-electron chi connectivity index (χ3n) is 7.17. The van der Waals surface area contributed by atoms with Gasteiger partial charge >= 0.3 is 0 Å². The van der Waals surface area contributed by atoms with Crippen molar-refractivity contribution in [3.05, 3.63) is 64.7 Å². The van der Waals surface area contributed by atoms with Gasteiger partial charge in [-0.15, -0.1) is 0 Å². The molecular formula is C29H38ClN3O4. The van der Waals surface area contributed by atoms with Gasteiger partial charge in [0.05, 0.1) is 0 Å². The lowest BCUT2D eigenvalue weighted by Gasteiger charge is -2.33. The van der Waals surface area contributed by atoms with E-state index < -0.39 is 0 Å². The van der Waals surface area contributed by atoms with Gasteiger partial charge in [-0.25, -0.2) is 0 Å². The van der Waals surface area contributed by atoms with Gasteiger partial charge in [0.2, 0.25) is 5.91 Å². The van der Waals surface area contributed by atoms with Crippen LogP contribution in [0.3, 0.4) is 0 Å². The number of fused-ring (bicyclic) bond motifs is 1. The number of methoxy groups -OCH3 is 1. The molecule has 1 fully saturated rings. The lowest BCUT2D eigenvalue weighted by molar-refractivity contribution is -0.139. The average Bonchev–Trinajstić information content (AvgIpc) is 2.91. The first-order valence-corrected chi connectivity index (χ1v) is 13.6. The van der Waals surface area contributed by atoms with E-state index >= 15 is 0 Å². The Bertz CT molecular complexity index is 1030. The molecule has 0 radical (unpaired) electrons. The number of amides is 2. The van der Waals surface area contributed by atoms with Crippen LogP contribution in [0.25, 0.3) is 0 Å². The molecule has 8 heteroatoms. The predicted molar refractivity (Wildman–Crippen MR) is 146 cm³/mol. The summed E-state index contributed by atoms with van der Waals surface area (Å²) in [6, 6.07) is 15.9. The zero-order chi connectivity index (χ0) is 26.0. The number of anilines is 1. The van der Waals surface area contributed by atoms with Crippen LogP contribution in [-0.2, 0) is 32.2 Å². The number of benzene rings is 2. The van der Waals surface area contributed by atoms with Crippen LogP contribution in [0.2, 0.25) is 5.02 Å². The van der Waals surface area contributed by atoms with Crippen LogP contribution in [0.4, 0.5) is 5.69 Å². The summed E-state index contributed by atoms with van der Waals surface area (Å²) in [5, 5.41) is 0.727. The van der Waals surface area contributed by atoms with Crippen LogP contribution < -0.4 is 4.90 Å². The summed E-state index contributed by atoms with van der Waals surface area (Å²) in [5.74, 6) is 0.109. The van der Waals surface area contributed by atoms with E-state index in [-0.39, 0.29) is 24.3 Å². The van der Waals surface area contributed by atoms with Gasteiger partial charge in [-0.1, -0.05) is 41.9 Å². The van der Waals surface area contributed by atoms with Crippen LogP contribution in [0.5, 0.6) is 0 Å². The second-order valence-electron chi connectivity index (χ2n) is 9.86. The molecule has 2 heterocycles. The third-order valence-corrected chi connectivity index (χ3v) is 7.42. The van der Waals surface area contributed by atoms with E-state index in [0.717, 1.165) is 61.6 Å². The number of rotatable bonds is 5. The Morgan fingerprint density at radius 3 is 2.41 bits per heavy atom. The summed E-state index contributed by atoms with van der Waals surface area (Å²) in [4.78, 5) is 33.0. The fraction of sp³-hybridized carbons (Fsp3) is 0.517. The molecule has 200 valence electrons. The van der Waals surface area contributed by atoms with E-state index in [0.29, 0.717) is 32.8 Å². The predicted octanol–water partition coefficient (Wildman–Crippen LogP) is 4.37. The molecule has 37 heavy (non-hydrogen) atoms. The van der Waals surface area contributed by atoms with Gasteiger partial charge in [0.1, 0.15) is 6.61 Å². The number of nitrogens with zero attached hydrogens (tertiary/aromatic N) is 3. The zero-order valence-corrected chi connectivity index (χ0v) is 22.5. The highest BCUT2D eigenvalue weighted by Gasteiger charge is 2.28. The first-order valence-electron chi connectivity index (χ1n) is 13.3. The summed E-state index contributed by atoms with van der Waals surface area (Å²) in [6.07, 6.45) is 3.25. The summed E-state index contributed by atoms with van der Waals surface area (Å²) < 4.78 is 10.7. The normalized spacial score (nSPS) is 18.5. The van der Waals surface area contributed by atoms with Crippen molar-refractivity contribution >= 4 is 29.1 Å². The molecule has 0 saturated carbocycles. The number of carbonyl (C=O) groups is 2. The van der Waals surface area contributed by atoms with Gasteiger partial charge in [0.25, 0.3) is 5.91 Å². The minimum Gasteiger partial charge on any atom is -0.381 e. The smallest absolute Gasteiger partial charge is 0.252 e. The van der Waals surface area contributed by atoms with Gasteiger partial charge in [-0.3, -0.25) is 14.5 Å². The van der Waals surface area contributed by atoms with Crippen molar-refractivity contribution in [1.29, 1.82) is 0 Å². The van der Waals surface area contributed by atoms with Crippen molar-refractivity contribution in [3.63, 3.8) is 0 Å². The highest BCUT2D eigenvalue weighted by Crippen LogP contribution is 2.26. The second-order valence-corrected chi connectivity index (χ2v) is 10.3. The summed E-state index contributed by atoms with van der Waals surface area (Å²) in [5.41, 5.74) is 3.05. The Kier molecular flexibility index (Phi) is 10.4. The Labute approximate surface area is 225 Å². The van der Waals surface area contributed by atoms with E-state index in [1.54, 1.807) is 7.11 Å². The van der Waals surface area contributed by atoms with E-state index in [1.807, 2.05) is 46.2 Å². The number of hydrogen-bond donors (Lipinski definition) is 0. The maximum Gasteiger partial charge on any atom is 0.252 e. The quantitative estimate of drug-likeness (QED) is 0.578. The lowest BCUT2D eigenvalue weighted by Crippen LogP contribution is -2.42. The Hall–Kier alpha value is -2.45. The lowest BCUT2D eigenvalue weighted by atomic mass is 9.98. The first-order chi connectivity index (χ1) is 18.0. The van der Waals surface area contributed by atoms with E-state index in [2.05, 4.69) is 17.0 Å². The molecule has 1 saturated heterocycles. The molecule has 7 nitrogen and oxygen atoms in total. The molecule has 2 aromatic carbocycles. The fourth-order valence-corrected chi connectivity index (χ4v) is 5.35. The van der Waals surface area contributed by atoms with Gasteiger partial charge in [-0.2, -0.15) is 0 Å². The molecule has 2 aromatic rings. The van der Waals surface area contributed by atoms with Gasteiger partial charge in [0, 0.05) is 76.2 Å². The number of para-hydroxylation sites is 1. The summed E-state index contributed by atoms with van der Waals surface area (Å²) >= 11 is 6.09. The molecule has 2 aliphatic heterocycles. The topological polar surface area (TPSA) is 62.3 Å². The summed E-state index contributed by atoms with van der Waals surface area (Å²) in [7, 11) is 1.54. The van der Waals surface area contributed by atoms with E-state index in [9.17, 15) is 9.59 Å². The SMILES string of the molecule is COCC(=O)N1CCCN(Cc2ccc(Cl)cc2)CCCN(C(=O)C2CCOCC2)Cc2ccccc21. The van der Waals surface area contributed by atoms with Crippen LogP contribution in [0.1, 0.15) is 36.8 Å². The Morgan fingerprint density at radius 1 is 0.973 bits per heavy atom. The van der Waals surface area contributed by atoms with Crippen molar-refractivity contribution in [3.8, 4) is 0 Å². The number of halogens is 1. The molecule has 4 rings (SSSR count). The molecule has 2 amide bonds. The highest BCUT2D eigenvalue weighted by molar-refractivity contribution is 6.30. The Balaban J connectivity index is 1.60. The monoisotopic (exact) mass is 527 g/mol. The maximum absolute atomic E-state index is 13.6. The van der Waals surface area contributed by atoms with Crippen LogP contribution in [-0.4, -0.2) is 74.7 Å². The molecule has 0 aromatic heterocycles. The number of hydrogen-bond acceptors (Lipinski definition) is 5. The fourth-order valence-electron chi connectivity index (χ4n) is 5.22. The standard InChI is InChI=1S/C29H38ClN3O4/c1-36-22-28(34)33-17-5-15-31(20-23-8-10-26(30)11-9-23)14-4-16-32(21-25-6-2-3-7-27(25)33)29(35)24-12-18-37-19-13-24/h2-3,6-11,24H,4-5,12-22H2,1H3. The zero-order valence-electron chi connectivity index (χ0n) is 21.7. The molecule has 0 aliphatic carbocycles. The molecular weight excluding hydrogens is 490 g/mol. The minimum atomic E-state index is -0.0708. The molecule has 0 N–H and O–H groups in total. The Morgan fingerprint density at radius 2 is 1.68 bits per heavy atom. The van der Waals surface area contributed by atoms with Crippen LogP contribution >= 0.6 is 11.6 Å². The average molecular weight is 528 g/mol. The van der Waals surface area contributed by atoms with Crippen molar-refractivity contribution in [2.75, 3.05) is 58.0 Å². The molecule has 0 atom stereocenters. The minimum absolute atomic E-state index is 0.00906. The maximum atomic E-state index is 13.6. The molecule has 0 spiro atoms. The van der Waals surface area contributed by atoms with Crippen molar-refractivity contribution < 1.29 is 19.1 Å². The number of ether oxygens (including phenoxy) is 2. The number of carbonyl (C=O) groups excluding carboxylic acids is 2. The van der Waals surface area contributed by atoms with E-state index in [4.69, 9.17) is 21.1 Å². The third kappa shape index (κ3) is 7.77. The van der Waals surface area contributed by atoms with Crippen molar-refractivity contribution in [2.45, 2.75) is 38.8 Å². The van der Waals surface area contributed by atoms with Crippen molar-refractivity contribution in [2.24, 2.45) is 5.92 Å². The van der Waals surface area contributed by atoms with Gasteiger partial charge in [-0.05, 0) is 55.0 Å². The van der Waals surface area contributed by atoms with Gasteiger partial charge < -0.3 is 19.3 Å². The summed E-state index contributed by atoms with van der Waals surface area (Å²) in [6.45, 7) is 5.55. The van der Waals surface area contributed by atoms with Crippen molar-refractivity contribution in [1.82, 2.24) is 9.80 Å². The van der Waals surface area contributed by atoms with E-state index in [1.165, 1.54) is 5.56 Å². The highest BCUT2D eigenvalue weighted by atomic mass is 35.5. The van der Waals surface area contributed by atoms with Crippen LogP contribution in [0, 0.1) is 5.92 Å². The molecule has 2 aliphatic rings. The second kappa shape index (κ2) is 13.9. The van der Waals surface area contributed by atoms with Crippen LogP contribution in [0.15, 0.2) is 48.5 Å². The molecule has 0 bridgehead atoms. The largest absolute Gasteiger partial charge is 0.381 e. The molecule has 0 unspecified atom stereocenters. The first kappa shape index (κ1) is 27.6. The van der Waals surface area contributed by atoms with Gasteiger partial charge in [0.15, 0.2) is 0 Å².